The minimum Gasteiger partial charge on any atom is -0.311 e. The molecule has 0 spiro atoms. The molecule has 15 aromatic rings. The van der Waals surface area contributed by atoms with Gasteiger partial charge >= 0.3 is 0 Å². The van der Waals surface area contributed by atoms with Crippen LogP contribution in [0.3, 0.4) is 0 Å². The SMILES string of the molecule is c1ccc(-c2ccc(N3c4cc(-n5c6ccccc6c6ccccc65)ccc4B4c5c3cc(-n3c6ccccc6c6ccccc63)cc5-n3c5ccccc5c5ccccc5c5ccccc5c5cccc4c53)cc2)cc1. The Morgan fingerprint density at radius 3 is 1.18 bits per heavy atom. The lowest BCUT2D eigenvalue weighted by atomic mass is 9.33. The van der Waals surface area contributed by atoms with Crippen LogP contribution in [0.5, 0.6) is 0 Å². The molecule has 2 aliphatic heterocycles. The second-order valence-corrected chi connectivity index (χ2v) is 20.7. The van der Waals surface area contributed by atoms with E-state index in [-0.39, 0.29) is 6.71 Å². The first-order valence-electron chi connectivity index (χ1n) is 26.7. The van der Waals surface area contributed by atoms with Crippen LogP contribution in [0.15, 0.2) is 273 Å². The Balaban J connectivity index is 1.08. The van der Waals surface area contributed by atoms with Crippen molar-refractivity contribution in [3.63, 3.8) is 0 Å². The van der Waals surface area contributed by atoms with Gasteiger partial charge in [-0.15, -0.1) is 0 Å². The van der Waals surface area contributed by atoms with Crippen molar-refractivity contribution in [1.29, 1.82) is 0 Å². The lowest BCUT2D eigenvalue weighted by Crippen LogP contribution is -2.60. The molecule has 5 heteroatoms. The van der Waals surface area contributed by atoms with Crippen molar-refractivity contribution in [3.8, 4) is 28.2 Å². The van der Waals surface area contributed by atoms with Crippen LogP contribution in [0.4, 0.5) is 17.1 Å². The van der Waals surface area contributed by atoms with E-state index < -0.39 is 0 Å². The molecule has 3 aromatic heterocycles. The van der Waals surface area contributed by atoms with E-state index in [9.17, 15) is 0 Å². The molecule has 0 amide bonds. The number of benzene rings is 12. The highest BCUT2D eigenvalue weighted by molar-refractivity contribution is 7.00. The van der Waals surface area contributed by atoms with Crippen molar-refractivity contribution in [3.05, 3.63) is 273 Å². The molecule has 12 aromatic carbocycles. The fourth-order valence-electron chi connectivity index (χ4n) is 13.7. The van der Waals surface area contributed by atoms with E-state index in [1.807, 2.05) is 0 Å². The lowest BCUT2D eigenvalue weighted by Gasteiger charge is -2.41. The molecule has 0 saturated heterocycles. The molecule has 17 rings (SSSR count). The van der Waals surface area contributed by atoms with E-state index in [0.29, 0.717) is 0 Å². The summed E-state index contributed by atoms with van der Waals surface area (Å²) in [5.41, 5.74) is 20.0. The predicted octanol–water partition coefficient (Wildman–Crippen LogP) is 16.7. The van der Waals surface area contributed by atoms with Gasteiger partial charge in [0.25, 0.3) is 6.71 Å². The highest BCUT2D eigenvalue weighted by Gasteiger charge is 2.42. The van der Waals surface area contributed by atoms with Gasteiger partial charge in [-0.05, 0) is 116 Å². The molecule has 0 saturated carbocycles. The van der Waals surface area contributed by atoms with Gasteiger partial charge in [-0.25, -0.2) is 0 Å². The molecule has 4 nitrogen and oxygen atoms in total. The van der Waals surface area contributed by atoms with Crippen molar-refractivity contribution in [2.24, 2.45) is 0 Å². The monoisotopic (exact) mass is 976 g/mol. The van der Waals surface area contributed by atoms with Crippen molar-refractivity contribution in [2.75, 3.05) is 4.90 Å². The fraction of sp³-hybridized carbons (Fsp3) is 0. The summed E-state index contributed by atoms with van der Waals surface area (Å²) in [6.07, 6.45) is 0. The fourth-order valence-corrected chi connectivity index (χ4v) is 13.7. The summed E-state index contributed by atoms with van der Waals surface area (Å²) in [6.45, 7) is -0.122. The van der Waals surface area contributed by atoms with Crippen LogP contribution in [-0.4, -0.2) is 20.4 Å². The third-order valence-electron chi connectivity index (χ3n) is 16.8. The Bertz CT molecular complexity index is 4950. The summed E-state index contributed by atoms with van der Waals surface area (Å²) in [5.74, 6) is 0. The number of fused-ring (bicyclic) bond motifs is 17. The van der Waals surface area contributed by atoms with E-state index in [0.717, 1.165) is 39.6 Å². The smallest absolute Gasteiger partial charge is 0.252 e. The Morgan fingerprint density at radius 1 is 0.234 bits per heavy atom. The summed E-state index contributed by atoms with van der Waals surface area (Å²) >= 11 is 0. The number of para-hydroxylation sites is 6. The average molecular weight is 977 g/mol. The maximum Gasteiger partial charge on any atom is 0.252 e. The summed E-state index contributed by atoms with van der Waals surface area (Å²) < 4.78 is 7.61. The Morgan fingerprint density at radius 2 is 0.623 bits per heavy atom. The Hall–Kier alpha value is -10.1. The normalized spacial score (nSPS) is 12.6. The highest BCUT2D eigenvalue weighted by Crippen LogP contribution is 2.45. The van der Waals surface area contributed by atoms with Crippen LogP contribution in [0.1, 0.15) is 0 Å². The van der Waals surface area contributed by atoms with E-state index in [4.69, 9.17) is 0 Å². The van der Waals surface area contributed by atoms with Crippen molar-refractivity contribution in [2.45, 2.75) is 0 Å². The third kappa shape index (κ3) is 5.99. The molecular weight excluding hydrogens is 932 g/mol. The van der Waals surface area contributed by atoms with Gasteiger partial charge in [-0.1, -0.05) is 206 Å². The number of hydrogen-bond acceptors (Lipinski definition) is 1. The Kier molecular flexibility index (Phi) is 8.90. The maximum atomic E-state index is 2.64. The number of aromatic nitrogens is 3. The summed E-state index contributed by atoms with van der Waals surface area (Å²) in [7, 11) is 0. The van der Waals surface area contributed by atoms with E-state index in [1.54, 1.807) is 0 Å². The number of hydrogen-bond donors (Lipinski definition) is 0. The standard InChI is InChI=1S/C72H45BN4/c1-2-19-46(20-3-1)47-37-39-48(40-38-47)74-68-43-49(75-63-32-13-9-26-56(63)57-27-10-14-33-64(57)75)41-42-61(68)73-62-31-18-30-60-54-24-7-5-22-52(54)51-21-4-6-23-53(51)55-25-8-17-36-67(55)77(72(60)62)70-45-50(44-69(74)71(70)73)76-65-34-15-11-28-58(65)59-29-12-16-35-66(59)76/h1-45H. The largest absolute Gasteiger partial charge is 0.311 e. The van der Waals surface area contributed by atoms with Gasteiger partial charge in [-0.3, -0.25) is 0 Å². The van der Waals surface area contributed by atoms with Crippen LogP contribution < -0.4 is 21.3 Å². The van der Waals surface area contributed by atoms with Gasteiger partial charge in [0.2, 0.25) is 0 Å². The molecule has 0 N–H and O–H groups in total. The quantitative estimate of drug-likeness (QED) is 0.161. The molecule has 0 atom stereocenters. The molecule has 77 heavy (non-hydrogen) atoms. The zero-order valence-electron chi connectivity index (χ0n) is 41.8. The second kappa shape index (κ2) is 16.2. The maximum absolute atomic E-state index is 2.64. The van der Waals surface area contributed by atoms with Gasteiger partial charge in [0.05, 0.1) is 33.3 Å². The van der Waals surface area contributed by atoms with Crippen LogP contribution in [0, 0.1) is 0 Å². The van der Waals surface area contributed by atoms with Gasteiger partial charge in [0.15, 0.2) is 0 Å². The molecule has 0 unspecified atom stereocenters. The van der Waals surface area contributed by atoms with Gasteiger partial charge in [0.1, 0.15) is 0 Å². The second-order valence-electron chi connectivity index (χ2n) is 20.7. The van der Waals surface area contributed by atoms with Crippen molar-refractivity contribution in [1.82, 2.24) is 13.7 Å². The Labute approximate surface area is 444 Å². The summed E-state index contributed by atoms with van der Waals surface area (Å²) in [6, 6.07) is 102. The van der Waals surface area contributed by atoms with E-state index in [1.165, 1.54) is 109 Å². The first kappa shape index (κ1) is 42.3. The zero-order chi connectivity index (χ0) is 50.3. The van der Waals surface area contributed by atoms with Crippen LogP contribution >= 0.6 is 0 Å². The van der Waals surface area contributed by atoms with E-state index in [2.05, 4.69) is 292 Å². The molecule has 5 heterocycles. The molecule has 0 bridgehead atoms. The molecule has 0 aliphatic carbocycles. The molecule has 0 radical (unpaired) electrons. The predicted molar refractivity (Wildman–Crippen MR) is 327 cm³/mol. The topological polar surface area (TPSA) is 18.0 Å². The minimum atomic E-state index is -0.122. The minimum absolute atomic E-state index is 0.122. The van der Waals surface area contributed by atoms with Crippen molar-refractivity contribution < 1.29 is 0 Å². The highest BCUT2D eigenvalue weighted by atomic mass is 15.2. The molecular formula is C72H45BN4. The molecule has 0 fully saturated rings. The zero-order valence-corrected chi connectivity index (χ0v) is 41.8. The molecule has 356 valence electrons. The van der Waals surface area contributed by atoms with Gasteiger partial charge in [0, 0.05) is 66.3 Å². The molecule has 2 aliphatic rings. The van der Waals surface area contributed by atoms with Crippen LogP contribution in [0.2, 0.25) is 0 Å². The lowest BCUT2D eigenvalue weighted by molar-refractivity contribution is 1.12. The van der Waals surface area contributed by atoms with Crippen LogP contribution in [-0.2, 0) is 0 Å². The van der Waals surface area contributed by atoms with Crippen molar-refractivity contribution >= 4 is 127 Å². The third-order valence-corrected chi connectivity index (χ3v) is 16.8. The summed E-state index contributed by atoms with van der Waals surface area (Å²) in [5, 5.41) is 12.2. The van der Waals surface area contributed by atoms with E-state index >= 15 is 0 Å². The average Bonchev–Trinajstić information content (AvgIpc) is 4.22. The van der Waals surface area contributed by atoms with Gasteiger partial charge < -0.3 is 18.6 Å². The number of rotatable bonds is 4. The first-order valence-corrected chi connectivity index (χ1v) is 26.7. The number of nitrogens with zero attached hydrogens (tertiary/aromatic N) is 4. The summed E-state index contributed by atoms with van der Waals surface area (Å²) in [4.78, 5) is 2.58. The first-order chi connectivity index (χ1) is 38.2. The number of anilines is 3. The van der Waals surface area contributed by atoms with Gasteiger partial charge in [-0.2, -0.15) is 0 Å². The van der Waals surface area contributed by atoms with Crippen LogP contribution in [0.25, 0.3) is 115 Å².